The normalized spacial score (nSPS) is 24.2. The third-order valence-corrected chi connectivity index (χ3v) is 3.76. The molecule has 0 bridgehead atoms. The number of nitrogens with one attached hydrogen (secondary N) is 1. The van der Waals surface area contributed by atoms with Gasteiger partial charge in [0, 0.05) is 6.04 Å². The van der Waals surface area contributed by atoms with Gasteiger partial charge in [-0.05, 0) is 49.3 Å². The van der Waals surface area contributed by atoms with Gasteiger partial charge in [-0.25, -0.2) is 4.39 Å². The average molecular weight is 219 g/mol. The van der Waals surface area contributed by atoms with E-state index in [4.69, 9.17) is 0 Å². The summed E-state index contributed by atoms with van der Waals surface area (Å²) in [6, 6.07) is 5.01. The molecule has 0 heterocycles. The van der Waals surface area contributed by atoms with Gasteiger partial charge in [-0.1, -0.05) is 6.07 Å². The van der Waals surface area contributed by atoms with Gasteiger partial charge in [-0.3, -0.25) is 4.79 Å². The number of carbonyl (C=O) groups is 1. The number of hydrogen-bond acceptors (Lipinski definition) is 1. The van der Waals surface area contributed by atoms with Crippen molar-refractivity contribution < 1.29 is 9.18 Å². The zero-order chi connectivity index (χ0) is 11.3. The molecule has 2 aliphatic carbocycles. The fourth-order valence-corrected chi connectivity index (χ4v) is 2.31. The molecule has 1 aromatic rings. The summed E-state index contributed by atoms with van der Waals surface area (Å²) < 4.78 is 13.5. The van der Waals surface area contributed by atoms with Crippen molar-refractivity contribution in [1.29, 1.82) is 0 Å². The number of halogens is 1. The van der Waals surface area contributed by atoms with Crippen molar-refractivity contribution in [3.63, 3.8) is 0 Å². The standard InChI is InChI=1S/C13H14FNO/c1-8-2-3-9(10(14)6-8)12(16)15-11-7-13(11)4-5-13/h2-3,6,11H,4-5,7H2,1H3,(H,15,16). The maximum Gasteiger partial charge on any atom is 0.254 e. The van der Waals surface area contributed by atoms with E-state index in [1.165, 1.54) is 18.9 Å². The summed E-state index contributed by atoms with van der Waals surface area (Å²) in [7, 11) is 0. The van der Waals surface area contributed by atoms with Crippen molar-refractivity contribution in [3.8, 4) is 0 Å². The summed E-state index contributed by atoms with van der Waals surface area (Å²) in [5.41, 5.74) is 1.41. The zero-order valence-electron chi connectivity index (χ0n) is 9.22. The Labute approximate surface area is 93.9 Å². The van der Waals surface area contributed by atoms with Crippen LogP contribution in [-0.4, -0.2) is 11.9 Å². The van der Waals surface area contributed by atoms with Gasteiger partial charge in [0.15, 0.2) is 0 Å². The fourth-order valence-electron chi connectivity index (χ4n) is 2.31. The Kier molecular flexibility index (Phi) is 1.88. The van der Waals surface area contributed by atoms with Gasteiger partial charge in [-0.15, -0.1) is 0 Å². The third kappa shape index (κ3) is 1.51. The number of aryl methyl sites for hydroxylation is 1. The Morgan fingerprint density at radius 1 is 1.50 bits per heavy atom. The highest BCUT2D eigenvalue weighted by Crippen LogP contribution is 2.65. The summed E-state index contributed by atoms with van der Waals surface area (Å²) in [5, 5.41) is 2.90. The van der Waals surface area contributed by atoms with Crippen LogP contribution in [0.4, 0.5) is 4.39 Å². The highest BCUT2D eigenvalue weighted by Gasteiger charge is 2.63. The van der Waals surface area contributed by atoms with E-state index in [-0.39, 0.29) is 11.5 Å². The van der Waals surface area contributed by atoms with E-state index in [1.807, 2.05) is 6.92 Å². The second-order valence-electron chi connectivity index (χ2n) is 5.08. The van der Waals surface area contributed by atoms with Crippen LogP contribution in [0, 0.1) is 18.2 Å². The molecule has 2 nitrogen and oxygen atoms in total. The Morgan fingerprint density at radius 3 is 2.81 bits per heavy atom. The van der Waals surface area contributed by atoms with Gasteiger partial charge in [0.1, 0.15) is 5.82 Å². The minimum absolute atomic E-state index is 0.160. The van der Waals surface area contributed by atoms with Crippen molar-refractivity contribution in [2.75, 3.05) is 0 Å². The fraction of sp³-hybridized carbons (Fsp3) is 0.462. The van der Waals surface area contributed by atoms with Crippen LogP contribution in [0.3, 0.4) is 0 Å². The molecule has 84 valence electrons. The highest BCUT2D eigenvalue weighted by atomic mass is 19.1. The monoisotopic (exact) mass is 219 g/mol. The number of benzene rings is 1. The van der Waals surface area contributed by atoms with E-state index in [0.717, 1.165) is 12.0 Å². The van der Waals surface area contributed by atoms with Gasteiger partial charge in [0.05, 0.1) is 5.56 Å². The maximum atomic E-state index is 13.5. The minimum atomic E-state index is -0.428. The predicted octanol–water partition coefficient (Wildman–Crippen LogP) is 2.42. The smallest absolute Gasteiger partial charge is 0.254 e. The lowest BCUT2D eigenvalue weighted by Gasteiger charge is -2.05. The van der Waals surface area contributed by atoms with E-state index >= 15 is 0 Å². The van der Waals surface area contributed by atoms with Gasteiger partial charge in [0.25, 0.3) is 5.91 Å². The molecule has 1 spiro atoms. The summed E-state index contributed by atoms with van der Waals surface area (Å²) in [4.78, 5) is 11.8. The summed E-state index contributed by atoms with van der Waals surface area (Å²) in [6.07, 6.45) is 3.51. The molecule has 1 aromatic carbocycles. The largest absolute Gasteiger partial charge is 0.349 e. The molecule has 2 fully saturated rings. The topological polar surface area (TPSA) is 29.1 Å². The Morgan fingerprint density at radius 2 is 2.25 bits per heavy atom. The lowest BCUT2D eigenvalue weighted by atomic mass is 10.1. The molecule has 3 heteroatoms. The van der Waals surface area contributed by atoms with Crippen LogP contribution in [0.2, 0.25) is 0 Å². The van der Waals surface area contributed by atoms with Crippen molar-refractivity contribution >= 4 is 5.91 Å². The van der Waals surface area contributed by atoms with Crippen LogP contribution < -0.4 is 5.32 Å². The lowest BCUT2D eigenvalue weighted by Crippen LogP contribution is -2.27. The van der Waals surface area contributed by atoms with Crippen LogP contribution >= 0.6 is 0 Å². The number of amides is 1. The molecule has 0 aromatic heterocycles. The number of rotatable bonds is 2. The molecule has 0 aliphatic heterocycles. The summed E-state index contributed by atoms with van der Waals surface area (Å²) in [6.45, 7) is 1.81. The van der Waals surface area contributed by atoms with Crippen LogP contribution in [0.5, 0.6) is 0 Å². The first kappa shape index (κ1) is 9.82. The molecule has 1 unspecified atom stereocenters. The summed E-state index contributed by atoms with van der Waals surface area (Å²) in [5.74, 6) is -0.700. The minimum Gasteiger partial charge on any atom is -0.349 e. The molecular weight excluding hydrogens is 205 g/mol. The Balaban J connectivity index is 1.73. The first-order chi connectivity index (χ1) is 7.61. The van der Waals surface area contributed by atoms with E-state index < -0.39 is 5.82 Å². The van der Waals surface area contributed by atoms with Gasteiger partial charge < -0.3 is 5.32 Å². The van der Waals surface area contributed by atoms with Crippen LogP contribution in [-0.2, 0) is 0 Å². The van der Waals surface area contributed by atoms with Crippen molar-refractivity contribution in [2.45, 2.75) is 32.2 Å². The van der Waals surface area contributed by atoms with Gasteiger partial charge >= 0.3 is 0 Å². The van der Waals surface area contributed by atoms with E-state index in [9.17, 15) is 9.18 Å². The SMILES string of the molecule is Cc1ccc(C(=O)NC2CC23CC3)c(F)c1. The molecule has 3 rings (SSSR count). The van der Waals surface area contributed by atoms with Crippen LogP contribution in [0.15, 0.2) is 18.2 Å². The van der Waals surface area contributed by atoms with Crippen molar-refractivity contribution in [1.82, 2.24) is 5.32 Å². The molecule has 1 N–H and O–H groups in total. The van der Waals surface area contributed by atoms with Crippen molar-refractivity contribution in [3.05, 3.63) is 35.1 Å². The lowest BCUT2D eigenvalue weighted by molar-refractivity contribution is 0.0944. The predicted molar refractivity (Wildman–Crippen MR) is 58.7 cm³/mol. The maximum absolute atomic E-state index is 13.5. The Bertz CT molecular complexity index is 465. The molecule has 1 atom stereocenters. The highest BCUT2D eigenvalue weighted by molar-refractivity contribution is 5.95. The molecule has 2 aliphatic rings. The zero-order valence-corrected chi connectivity index (χ0v) is 9.22. The van der Waals surface area contributed by atoms with E-state index in [2.05, 4.69) is 5.32 Å². The molecule has 2 saturated carbocycles. The third-order valence-electron chi connectivity index (χ3n) is 3.76. The van der Waals surface area contributed by atoms with Crippen LogP contribution in [0.1, 0.15) is 35.2 Å². The van der Waals surface area contributed by atoms with E-state index in [1.54, 1.807) is 12.1 Å². The van der Waals surface area contributed by atoms with Crippen LogP contribution in [0.25, 0.3) is 0 Å². The molecule has 16 heavy (non-hydrogen) atoms. The second-order valence-corrected chi connectivity index (χ2v) is 5.08. The first-order valence-electron chi connectivity index (χ1n) is 5.68. The number of carbonyl (C=O) groups excluding carboxylic acids is 1. The Hall–Kier alpha value is -1.38. The summed E-state index contributed by atoms with van der Waals surface area (Å²) >= 11 is 0. The van der Waals surface area contributed by atoms with E-state index in [0.29, 0.717) is 11.5 Å². The second kappa shape index (κ2) is 3.06. The first-order valence-corrected chi connectivity index (χ1v) is 5.68. The average Bonchev–Trinajstić information content (AvgIpc) is 3.09. The molecular formula is C13H14FNO. The van der Waals surface area contributed by atoms with Gasteiger partial charge in [0.2, 0.25) is 0 Å². The van der Waals surface area contributed by atoms with Gasteiger partial charge in [-0.2, -0.15) is 0 Å². The molecule has 0 radical (unpaired) electrons. The molecule has 0 saturated heterocycles. The van der Waals surface area contributed by atoms with Crippen molar-refractivity contribution in [2.24, 2.45) is 5.41 Å². The number of hydrogen-bond donors (Lipinski definition) is 1. The quantitative estimate of drug-likeness (QED) is 0.813. The molecule has 1 amide bonds.